The highest BCUT2D eigenvalue weighted by Gasteiger charge is 2.26. The van der Waals surface area contributed by atoms with E-state index in [9.17, 15) is 9.59 Å². The maximum absolute atomic E-state index is 13.5. The van der Waals surface area contributed by atoms with Gasteiger partial charge in [-0.2, -0.15) is 5.10 Å². The lowest BCUT2D eigenvalue weighted by Crippen LogP contribution is -2.41. The van der Waals surface area contributed by atoms with Crippen LogP contribution in [0.4, 0.5) is 5.82 Å². The molecular formula is C31H34N4O3. The quantitative estimate of drug-likeness (QED) is 0.272. The lowest BCUT2D eigenvalue weighted by Gasteiger charge is -2.26. The van der Waals surface area contributed by atoms with Gasteiger partial charge in [-0.3, -0.25) is 9.59 Å². The van der Waals surface area contributed by atoms with Crippen molar-refractivity contribution in [3.63, 3.8) is 0 Å². The molecule has 0 fully saturated rings. The Kier molecular flexibility index (Phi) is 8.93. The summed E-state index contributed by atoms with van der Waals surface area (Å²) in [4.78, 5) is 28.5. The van der Waals surface area contributed by atoms with Crippen LogP contribution in [0.25, 0.3) is 16.9 Å². The largest absolute Gasteiger partial charge is 0.497 e. The average molecular weight is 511 g/mol. The van der Waals surface area contributed by atoms with Gasteiger partial charge in [-0.15, -0.1) is 0 Å². The number of amides is 2. The zero-order chi connectivity index (χ0) is 26.9. The summed E-state index contributed by atoms with van der Waals surface area (Å²) >= 11 is 0. The third-order valence-electron chi connectivity index (χ3n) is 6.41. The van der Waals surface area contributed by atoms with E-state index >= 15 is 0 Å². The zero-order valence-electron chi connectivity index (χ0n) is 22.1. The monoisotopic (exact) mass is 510 g/mol. The van der Waals surface area contributed by atoms with Crippen LogP contribution >= 0.6 is 0 Å². The highest BCUT2D eigenvalue weighted by atomic mass is 16.5. The van der Waals surface area contributed by atoms with Crippen molar-refractivity contribution in [3.8, 4) is 22.7 Å². The van der Waals surface area contributed by atoms with E-state index < -0.39 is 0 Å². The van der Waals surface area contributed by atoms with Gasteiger partial charge in [0.05, 0.1) is 31.0 Å². The Bertz CT molecular complexity index is 1330. The first kappa shape index (κ1) is 26.7. The van der Waals surface area contributed by atoms with Crippen LogP contribution in [0, 0.1) is 0 Å². The number of rotatable bonds is 11. The second-order valence-electron chi connectivity index (χ2n) is 9.07. The maximum Gasteiger partial charge on any atom is 0.245 e. The minimum Gasteiger partial charge on any atom is -0.497 e. The number of benzene rings is 3. The molecule has 4 aromatic rings. The van der Waals surface area contributed by atoms with Crippen LogP contribution in [0.1, 0.15) is 38.2 Å². The Hall–Kier alpha value is -4.39. The standard InChI is InChI=1S/C31H34N4O3/c1-4-20-34(31(37)27(5-2)23-12-8-6-9-13-23)22-30(36)32-29-21-28(24-14-10-7-11-15-24)33-35(29)25-16-18-26(38-3)19-17-25/h6-19,21,27H,4-5,20,22H2,1-3H3,(H,32,36). The van der Waals surface area contributed by atoms with E-state index in [1.807, 2.05) is 105 Å². The molecular weight excluding hydrogens is 476 g/mol. The number of nitrogens with zero attached hydrogens (tertiary/aromatic N) is 3. The fourth-order valence-electron chi connectivity index (χ4n) is 4.49. The van der Waals surface area contributed by atoms with Crippen molar-refractivity contribution in [1.82, 2.24) is 14.7 Å². The van der Waals surface area contributed by atoms with Crippen LogP contribution in [0.5, 0.6) is 5.75 Å². The van der Waals surface area contributed by atoms with Crippen molar-refractivity contribution in [1.29, 1.82) is 0 Å². The number of hydrogen-bond donors (Lipinski definition) is 1. The molecule has 0 aliphatic carbocycles. The molecule has 0 saturated heterocycles. The fourth-order valence-corrected chi connectivity index (χ4v) is 4.49. The van der Waals surface area contributed by atoms with E-state index in [-0.39, 0.29) is 24.3 Å². The van der Waals surface area contributed by atoms with Crippen molar-refractivity contribution in [2.75, 3.05) is 25.5 Å². The first-order valence-corrected chi connectivity index (χ1v) is 13.0. The van der Waals surface area contributed by atoms with E-state index in [1.165, 1.54) is 0 Å². The average Bonchev–Trinajstić information content (AvgIpc) is 3.37. The SMILES string of the molecule is CCCN(CC(=O)Nc1cc(-c2ccccc2)nn1-c1ccc(OC)cc1)C(=O)C(CC)c1ccccc1. The number of anilines is 1. The summed E-state index contributed by atoms with van der Waals surface area (Å²) < 4.78 is 6.99. The molecule has 1 heterocycles. The number of nitrogens with one attached hydrogen (secondary N) is 1. The summed E-state index contributed by atoms with van der Waals surface area (Å²) in [5, 5.41) is 7.78. The summed E-state index contributed by atoms with van der Waals surface area (Å²) in [5.41, 5.74) is 3.41. The number of carbonyl (C=O) groups excluding carboxylic acids is 2. The van der Waals surface area contributed by atoms with Crippen LogP contribution in [0.2, 0.25) is 0 Å². The fraction of sp³-hybridized carbons (Fsp3) is 0.258. The summed E-state index contributed by atoms with van der Waals surface area (Å²) in [6.45, 7) is 4.47. The summed E-state index contributed by atoms with van der Waals surface area (Å²) in [6.07, 6.45) is 1.42. The highest BCUT2D eigenvalue weighted by Crippen LogP contribution is 2.26. The Morgan fingerprint density at radius 2 is 1.61 bits per heavy atom. The second-order valence-corrected chi connectivity index (χ2v) is 9.07. The lowest BCUT2D eigenvalue weighted by atomic mass is 9.95. The van der Waals surface area contributed by atoms with E-state index in [0.29, 0.717) is 18.8 Å². The minimum absolute atomic E-state index is 0.0372. The highest BCUT2D eigenvalue weighted by molar-refractivity contribution is 5.95. The molecule has 4 rings (SSSR count). The van der Waals surface area contributed by atoms with Gasteiger partial charge in [0.2, 0.25) is 11.8 Å². The molecule has 0 aliphatic rings. The summed E-state index contributed by atoms with van der Waals surface area (Å²) in [6, 6.07) is 28.9. The maximum atomic E-state index is 13.5. The summed E-state index contributed by atoms with van der Waals surface area (Å²) in [5.74, 6) is 0.656. The Morgan fingerprint density at radius 3 is 2.21 bits per heavy atom. The zero-order valence-corrected chi connectivity index (χ0v) is 22.1. The lowest BCUT2D eigenvalue weighted by molar-refractivity contribution is -0.136. The van der Waals surface area contributed by atoms with Crippen molar-refractivity contribution >= 4 is 17.6 Å². The Morgan fingerprint density at radius 1 is 0.947 bits per heavy atom. The van der Waals surface area contributed by atoms with Gasteiger partial charge in [0.15, 0.2) is 0 Å². The van der Waals surface area contributed by atoms with Gasteiger partial charge >= 0.3 is 0 Å². The van der Waals surface area contributed by atoms with Gasteiger partial charge in [0, 0.05) is 18.2 Å². The number of ether oxygens (including phenoxy) is 1. The molecule has 0 saturated carbocycles. The number of hydrogen-bond acceptors (Lipinski definition) is 4. The van der Waals surface area contributed by atoms with E-state index in [0.717, 1.165) is 34.7 Å². The molecule has 0 bridgehead atoms. The number of carbonyl (C=O) groups is 2. The molecule has 3 aromatic carbocycles. The second kappa shape index (κ2) is 12.7. The topological polar surface area (TPSA) is 76.5 Å². The molecule has 1 unspecified atom stereocenters. The summed E-state index contributed by atoms with van der Waals surface area (Å²) in [7, 11) is 1.62. The molecule has 7 nitrogen and oxygen atoms in total. The van der Waals surface area contributed by atoms with E-state index in [1.54, 1.807) is 16.7 Å². The molecule has 38 heavy (non-hydrogen) atoms. The van der Waals surface area contributed by atoms with Crippen molar-refractivity contribution < 1.29 is 14.3 Å². The van der Waals surface area contributed by atoms with Gasteiger partial charge in [-0.05, 0) is 42.7 Å². The molecule has 0 aliphatic heterocycles. The number of methoxy groups -OCH3 is 1. The van der Waals surface area contributed by atoms with E-state index in [2.05, 4.69) is 5.32 Å². The van der Waals surface area contributed by atoms with Crippen molar-refractivity contribution in [2.45, 2.75) is 32.6 Å². The molecule has 1 aromatic heterocycles. The normalized spacial score (nSPS) is 11.6. The molecule has 0 radical (unpaired) electrons. The van der Waals surface area contributed by atoms with Crippen LogP contribution < -0.4 is 10.1 Å². The van der Waals surface area contributed by atoms with Gasteiger partial charge in [-0.1, -0.05) is 74.5 Å². The van der Waals surface area contributed by atoms with Crippen LogP contribution in [0.15, 0.2) is 91.0 Å². The molecule has 0 spiro atoms. The third kappa shape index (κ3) is 6.29. The van der Waals surface area contributed by atoms with Crippen molar-refractivity contribution in [3.05, 3.63) is 96.6 Å². The van der Waals surface area contributed by atoms with Gasteiger partial charge in [-0.25, -0.2) is 4.68 Å². The van der Waals surface area contributed by atoms with Gasteiger partial charge < -0.3 is 15.0 Å². The van der Waals surface area contributed by atoms with Gasteiger partial charge in [0.25, 0.3) is 0 Å². The third-order valence-corrected chi connectivity index (χ3v) is 6.41. The Balaban J connectivity index is 1.59. The molecule has 2 amide bonds. The van der Waals surface area contributed by atoms with Gasteiger partial charge in [0.1, 0.15) is 11.6 Å². The van der Waals surface area contributed by atoms with Crippen LogP contribution in [-0.2, 0) is 9.59 Å². The minimum atomic E-state index is -0.287. The molecule has 1 N–H and O–H groups in total. The molecule has 7 heteroatoms. The molecule has 196 valence electrons. The van der Waals surface area contributed by atoms with Crippen molar-refractivity contribution in [2.24, 2.45) is 0 Å². The molecule has 1 atom stereocenters. The number of aromatic nitrogens is 2. The van der Waals surface area contributed by atoms with Crippen LogP contribution in [-0.4, -0.2) is 46.7 Å². The smallest absolute Gasteiger partial charge is 0.245 e. The van der Waals surface area contributed by atoms with Crippen LogP contribution in [0.3, 0.4) is 0 Å². The van der Waals surface area contributed by atoms with E-state index in [4.69, 9.17) is 9.84 Å². The first-order valence-electron chi connectivity index (χ1n) is 13.0. The predicted molar refractivity (Wildman–Crippen MR) is 151 cm³/mol. The first-order chi connectivity index (χ1) is 18.5. The Labute approximate surface area is 224 Å². The predicted octanol–water partition coefficient (Wildman–Crippen LogP) is 5.92.